The van der Waals surface area contributed by atoms with Crippen molar-refractivity contribution in [1.82, 2.24) is 14.9 Å². The first-order chi connectivity index (χ1) is 8.79. The lowest BCUT2D eigenvalue weighted by Gasteiger charge is -2.16. The lowest BCUT2D eigenvalue weighted by Crippen LogP contribution is -2.33. The molecule has 1 aromatic heterocycles. The summed E-state index contributed by atoms with van der Waals surface area (Å²) in [6.45, 7) is 3.87. The molecular weight excluding hydrogens is 234 g/mol. The van der Waals surface area contributed by atoms with E-state index in [0.717, 1.165) is 6.42 Å². The fraction of sp³-hybridized carbons (Fsp3) is 0.583. The maximum Gasteiger partial charge on any atom is 0.248 e. The van der Waals surface area contributed by atoms with Crippen LogP contribution in [0.1, 0.15) is 13.3 Å². The second-order valence-electron chi connectivity index (χ2n) is 4.05. The van der Waals surface area contributed by atoms with Gasteiger partial charge in [0.1, 0.15) is 12.7 Å². The molecule has 98 valence electrons. The van der Waals surface area contributed by atoms with E-state index in [1.54, 1.807) is 23.5 Å². The molecule has 1 unspecified atom stereocenters. The predicted octanol–water partition coefficient (Wildman–Crippen LogP) is 0.493. The van der Waals surface area contributed by atoms with Gasteiger partial charge in [-0.05, 0) is 6.92 Å². The molecule has 0 saturated carbocycles. The fourth-order valence-electron chi connectivity index (χ4n) is 1.85. The van der Waals surface area contributed by atoms with Gasteiger partial charge in [0, 0.05) is 32.0 Å². The molecule has 1 amide bonds. The molecular formula is C12H17N3O3. The van der Waals surface area contributed by atoms with Gasteiger partial charge in [-0.15, -0.1) is 0 Å². The normalized spacial score (nSPS) is 18.9. The number of likely N-dealkylation sites (tertiary alicyclic amines) is 1. The standard InChI is InChI=1S/C12H17N3O3/c1-2-17-9-12(16)15-6-3-10(8-15)18-11-7-13-4-5-14-11/h4-5,7,10H,2-3,6,8-9H2,1H3. The van der Waals surface area contributed by atoms with Crippen LogP contribution in [0.4, 0.5) is 0 Å². The van der Waals surface area contributed by atoms with Crippen LogP contribution in [0.15, 0.2) is 18.6 Å². The first-order valence-electron chi connectivity index (χ1n) is 6.07. The van der Waals surface area contributed by atoms with E-state index in [0.29, 0.717) is 25.6 Å². The molecule has 18 heavy (non-hydrogen) atoms. The minimum atomic E-state index is -0.00715. The van der Waals surface area contributed by atoms with Crippen molar-refractivity contribution in [2.45, 2.75) is 19.4 Å². The zero-order valence-corrected chi connectivity index (χ0v) is 10.4. The average Bonchev–Trinajstić information content (AvgIpc) is 2.86. The highest BCUT2D eigenvalue weighted by molar-refractivity contribution is 5.77. The van der Waals surface area contributed by atoms with E-state index in [-0.39, 0.29) is 18.6 Å². The molecule has 0 bridgehead atoms. The van der Waals surface area contributed by atoms with E-state index in [4.69, 9.17) is 9.47 Å². The second kappa shape index (κ2) is 6.30. The van der Waals surface area contributed by atoms with Crippen LogP contribution in [-0.2, 0) is 9.53 Å². The molecule has 1 aliphatic rings. The maximum atomic E-state index is 11.7. The van der Waals surface area contributed by atoms with Crippen molar-refractivity contribution in [2.75, 3.05) is 26.3 Å². The quantitative estimate of drug-likeness (QED) is 0.762. The summed E-state index contributed by atoms with van der Waals surface area (Å²) in [4.78, 5) is 21.5. The van der Waals surface area contributed by atoms with Gasteiger partial charge >= 0.3 is 0 Å². The Labute approximate surface area is 106 Å². The molecule has 1 fully saturated rings. The minimum Gasteiger partial charge on any atom is -0.471 e. The Balaban J connectivity index is 1.80. The third-order valence-electron chi connectivity index (χ3n) is 2.75. The van der Waals surface area contributed by atoms with Crippen molar-refractivity contribution < 1.29 is 14.3 Å². The average molecular weight is 251 g/mol. The van der Waals surface area contributed by atoms with Gasteiger partial charge in [0.15, 0.2) is 0 Å². The maximum absolute atomic E-state index is 11.7. The summed E-state index contributed by atoms with van der Waals surface area (Å²) in [5.41, 5.74) is 0. The molecule has 2 rings (SSSR count). The van der Waals surface area contributed by atoms with Crippen LogP contribution in [0.2, 0.25) is 0 Å². The van der Waals surface area contributed by atoms with Crippen molar-refractivity contribution in [3.63, 3.8) is 0 Å². The Morgan fingerprint density at radius 2 is 2.44 bits per heavy atom. The van der Waals surface area contributed by atoms with E-state index in [9.17, 15) is 4.79 Å². The van der Waals surface area contributed by atoms with Gasteiger partial charge in [0.25, 0.3) is 0 Å². The van der Waals surface area contributed by atoms with Crippen molar-refractivity contribution in [3.8, 4) is 5.88 Å². The van der Waals surface area contributed by atoms with E-state index >= 15 is 0 Å². The lowest BCUT2D eigenvalue weighted by atomic mass is 10.3. The first-order valence-corrected chi connectivity index (χ1v) is 6.07. The van der Waals surface area contributed by atoms with Crippen LogP contribution < -0.4 is 4.74 Å². The molecule has 1 saturated heterocycles. The number of carbonyl (C=O) groups is 1. The summed E-state index contributed by atoms with van der Waals surface area (Å²) >= 11 is 0. The fourth-order valence-corrected chi connectivity index (χ4v) is 1.85. The molecule has 0 aromatic carbocycles. The molecule has 6 heteroatoms. The van der Waals surface area contributed by atoms with Crippen LogP contribution in [0.25, 0.3) is 0 Å². The highest BCUT2D eigenvalue weighted by atomic mass is 16.5. The van der Waals surface area contributed by atoms with Crippen molar-refractivity contribution >= 4 is 5.91 Å². The first kappa shape index (κ1) is 12.8. The van der Waals surface area contributed by atoms with Gasteiger partial charge in [0.05, 0.1) is 12.7 Å². The highest BCUT2D eigenvalue weighted by Crippen LogP contribution is 2.15. The molecule has 0 spiro atoms. The van der Waals surface area contributed by atoms with Crippen molar-refractivity contribution in [3.05, 3.63) is 18.6 Å². The van der Waals surface area contributed by atoms with E-state index in [1.165, 1.54) is 0 Å². The Hall–Kier alpha value is -1.69. The van der Waals surface area contributed by atoms with Gasteiger partial charge in [-0.3, -0.25) is 9.78 Å². The summed E-state index contributed by atoms with van der Waals surface area (Å²) in [7, 11) is 0. The Bertz CT molecular complexity index is 385. The number of rotatable bonds is 5. The van der Waals surface area contributed by atoms with Gasteiger partial charge < -0.3 is 14.4 Å². The van der Waals surface area contributed by atoms with Crippen molar-refractivity contribution in [1.29, 1.82) is 0 Å². The molecule has 1 atom stereocenters. The molecule has 0 radical (unpaired) electrons. The summed E-state index contributed by atoms with van der Waals surface area (Å²) in [6.07, 6.45) is 5.56. The number of ether oxygens (including phenoxy) is 2. The Morgan fingerprint density at radius 1 is 1.56 bits per heavy atom. The number of aromatic nitrogens is 2. The number of nitrogens with zero attached hydrogens (tertiary/aromatic N) is 3. The monoisotopic (exact) mass is 251 g/mol. The van der Waals surface area contributed by atoms with E-state index in [1.807, 2.05) is 6.92 Å². The minimum absolute atomic E-state index is 0.00715. The van der Waals surface area contributed by atoms with Crippen LogP contribution in [0, 0.1) is 0 Å². The topological polar surface area (TPSA) is 64.5 Å². The molecule has 2 heterocycles. The predicted molar refractivity (Wildman–Crippen MR) is 64.1 cm³/mol. The van der Waals surface area contributed by atoms with E-state index in [2.05, 4.69) is 9.97 Å². The number of hydrogen-bond acceptors (Lipinski definition) is 5. The smallest absolute Gasteiger partial charge is 0.248 e. The van der Waals surface area contributed by atoms with Crippen LogP contribution >= 0.6 is 0 Å². The van der Waals surface area contributed by atoms with Crippen LogP contribution in [0.5, 0.6) is 5.88 Å². The Kier molecular flexibility index (Phi) is 4.46. The van der Waals surface area contributed by atoms with Gasteiger partial charge in [0.2, 0.25) is 11.8 Å². The summed E-state index contributed by atoms with van der Waals surface area (Å²) in [5, 5.41) is 0. The Morgan fingerprint density at radius 3 is 3.17 bits per heavy atom. The van der Waals surface area contributed by atoms with Crippen molar-refractivity contribution in [2.24, 2.45) is 0 Å². The third kappa shape index (κ3) is 3.40. The highest BCUT2D eigenvalue weighted by Gasteiger charge is 2.27. The largest absolute Gasteiger partial charge is 0.471 e. The summed E-state index contributed by atoms with van der Waals surface area (Å²) in [5.74, 6) is 0.517. The van der Waals surface area contributed by atoms with E-state index < -0.39 is 0 Å². The second-order valence-corrected chi connectivity index (χ2v) is 4.05. The van der Waals surface area contributed by atoms with Crippen LogP contribution in [-0.4, -0.2) is 53.2 Å². The summed E-state index contributed by atoms with van der Waals surface area (Å²) < 4.78 is 10.8. The third-order valence-corrected chi connectivity index (χ3v) is 2.75. The number of carbonyl (C=O) groups excluding carboxylic acids is 1. The summed E-state index contributed by atoms with van der Waals surface area (Å²) in [6, 6.07) is 0. The van der Waals surface area contributed by atoms with Gasteiger partial charge in [-0.1, -0.05) is 0 Å². The molecule has 0 aliphatic carbocycles. The van der Waals surface area contributed by atoms with Crippen LogP contribution in [0.3, 0.4) is 0 Å². The lowest BCUT2D eigenvalue weighted by molar-refractivity contribution is -0.135. The zero-order valence-electron chi connectivity index (χ0n) is 10.4. The molecule has 1 aliphatic heterocycles. The SMILES string of the molecule is CCOCC(=O)N1CCC(Oc2cnccn2)C1. The molecule has 1 aromatic rings. The number of hydrogen-bond donors (Lipinski definition) is 0. The molecule has 0 N–H and O–H groups in total. The number of amides is 1. The zero-order chi connectivity index (χ0) is 12.8. The van der Waals surface area contributed by atoms with Gasteiger partial charge in [-0.2, -0.15) is 0 Å². The molecule has 6 nitrogen and oxygen atoms in total. The van der Waals surface area contributed by atoms with Gasteiger partial charge in [-0.25, -0.2) is 4.98 Å².